The molecule has 2 aromatic carbocycles. The second kappa shape index (κ2) is 6.87. The molecule has 2 aromatic rings. The molecule has 1 unspecified atom stereocenters. The van der Waals surface area contributed by atoms with Crippen molar-refractivity contribution < 1.29 is 18.7 Å². The summed E-state index contributed by atoms with van der Waals surface area (Å²) in [6, 6.07) is 11.3. The fourth-order valence-corrected chi connectivity index (χ4v) is 3.68. The molecule has 0 aromatic heterocycles. The zero-order chi connectivity index (χ0) is 19.0. The van der Waals surface area contributed by atoms with Gasteiger partial charge in [0, 0.05) is 24.7 Å². The van der Waals surface area contributed by atoms with Crippen molar-refractivity contribution in [2.45, 2.75) is 12.5 Å². The molecule has 0 aliphatic carbocycles. The van der Waals surface area contributed by atoms with E-state index in [4.69, 9.17) is 4.74 Å². The molecule has 27 heavy (non-hydrogen) atoms. The Hall–Kier alpha value is -3.15. The van der Waals surface area contributed by atoms with Gasteiger partial charge in [-0.05, 0) is 41.8 Å². The smallest absolute Gasteiger partial charge is 0.270 e. The molecular weight excluding hydrogens is 347 g/mol. The molecule has 1 saturated heterocycles. The van der Waals surface area contributed by atoms with E-state index < -0.39 is 11.6 Å². The molecule has 1 N–H and O–H groups in total. The minimum Gasteiger partial charge on any atom is -0.497 e. The van der Waals surface area contributed by atoms with E-state index in [0.717, 1.165) is 17.7 Å². The predicted molar refractivity (Wildman–Crippen MR) is 98.0 cm³/mol. The molecule has 1 amide bonds. The van der Waals surface area contributed by atoms with Gasteiger partial charge in [0.05, 0.1) is 13.2 Å². The number of fused-ring (bicyclic) bond motifs is 3. The lowest BCUT2D eigenvalue weighted by atomic mass is 9.90. The van der Waals surface area contributed by atoms with E-state index in [-0.39, 0.29) is 23.2 Å². The first-order valence-electron chi connectivity index (χ1n) is 8.80. The first kappa shape index (κ1) is 17.3. The molecular formula is C21H19FN2O3. The van der Waals surface area contributed by atoms with Crippen molar-refractivity contribution in [1.82, 2.24) is 10.2 Å². The van der Waals surface area contributed by atoms with Gasteiger partial charge >= 0.3 is 0 Å². The fraction of sp³-hybridized carbons (Fsp3) is 0.238. The van der Waals surface area contributed by atoms with Crippen molar-refractivity contribution in [3.05, 3.63) is 76.7 Å². The molecule has 1 fully saturated rings. The molecule has 2 heterocycles. The van der Waals surface area contributed by atoms with Crippen LogP contribution in [0.4, 0.5) is 4.39 Å². The Morgan fingerprint density at radius 2 is 2.15 bits per heavy atom. The van der Waals surface area contributed by atoms with Crippen molar-refractivity contribution in [2.75, 3.05) is 20.2 Å². The van der Waals surface area contributed by atoms with Crippen LogP contribution in [0.2, 0.25) is 0 Å². The van der Waals surface area contributed by atoms with Crippen LogP contribution in [0.15, 0.2) is 54.2 Å². The van der Waals surface area contributed by atoms with Gasteiger partial charge in [0.25, 0.3) is 5.91 Å². The Labute approximate surface area is 156 Å². The fourth-order valence-electron chi connectivity index (χ4n) is 3.68. The highest BCUT2D eigenvalue weighted by Crippen LogP contribution is 2.34. The third-order valence-corrected chi connectivity index (χ3v) is 5.07. The van der Waals surface area contributed by atoms with E-state index in [1.54, 1.807) is 12.0 Å². The number of piperazine rings is 1. The summed E-state index contributed by atoms with van der Waals surface area (Å²) in [6.07, 6.45) is 2.00. The summed E-state index contributed by atoms with van der Waals surface area (Å²) in [4.78, 5) is 27.0. The number of ether oxygens (including phenoxy) is 1. The highest BCUT2D eigenvalue weighted by Gasteiger charge is 2.36. The van der Waals surface area contributed by atoms with Crippen LogP contribution in [0.3, 0.4) is 0 Å². The molecule has 4 rings (SSSR count). The van der Waals surface area contributed by atoms with Crippen LogP contribution < -0.4 is 10.1 Å². The van der Waals surface area contributed by atoms with Crippen molar-refractivity contribution in [3.8, 4) is 5.75 Å². The van der Waals surface area contributed by atoms with E-state index in [1.807, 2.05) is 18.2 Å². The molecule has 6 heteroatoms. The first-order chi connectivity index (χ1) is 13.1. The number of amides is 1. The van der Waals surface area contributed by atoms with Crippen LogP contribution in [0.1, 0.15) is 27.5 Å². The quantitative estimate of drug-likeness (QED) is 0.670. The Morgan fingerprint density at radius 1 is 1.30 bits per heavy atom. The number of hydrogen-bond acceptors (Lipinski definition) is 4. The molecule has 5 nitrogen and oxygen atoms in total. The number of halogens is 1. The SMILES string of the molecule is COc1ccc2c(c1)CCN1C(=O)/C(=C/C(=O)c3cccc(F)c3)NCC21. The van der Waals surface area contributed by atoms with E-state index in [0.29, 0.717) is 13.1 Å². The number of carbonyl (C=O) groups is 2. The molecule has 2 aliphatic rings. The van der Waals surface area contributed by atoms with Crippen molar-refractivity contribution >= 4 is 11.7 Å². The van der Waals surface area contributed by atoms with Crippen LogP contribution in [0.5, 0.6) is 5.75 Å². The van der Waals surface area contributed by atoms with Gasteiger partial charge in [0.15, 0.2) is 5.78 Å². The van der Waals surface area contributed by atoms with Gasteiger partial charge in [-0.25, -0.2) is 4.39 Å². The standard InChI is InChI=1S/C21H19FN2O3/c1-27-16-5-6-17-13(10-16)7-8-24-19(17)12-23-18(21(24)26)11-20(25)14-3-2-4-15(22)9-14/h2-6,9-11,19,23H,7-8,12H2,1H3/b18-11-. The number of carbonyl (C=O) groups excluding carboxylic acids is 2. The zero-order valence-corrected chi connectivity index (χ0v) is 14.9. The van der Waals surface area contributed by atoms with E-state index in [2.05, 4.69) is 5.32 Å². The largest absolute Gasteiger partial charge is 0.497 e. The second-order valence-electron chi connectivity index (χ2n) is 6.64. The highest BCUT2D eigenvalue weighted by molar-refractivity contribution is 6.09. The summed E-state index contributed by atoms with van der Waals surface area (Å²) < 4.78 is 18.6. The summed E-state index contributed by atoms with van der Waals surface area (Å²) in [7, 11) is 1.63. The number of nitrogens with zero attached hydrogens (tertiary/aromatic N) is 1. The van der Waals surface area contributed by atoms with E-state index in [1.165, 1.54) is 35.9 Å². The highest BCUT2D eigenvalue weighted by atomic mass is 19.1. The number of methoxy groups -OCH3 is 1. The predicted octanol–water partition coefficient (Wildman–Crippen LogP) is 2.63. The van der Waals surface area contributed by atoms with Gasteiger partial charge in [0.1, 0.15) is 17.3 Å². The van der Waals surface area contributed by atoms with Crippen LogP contribution in [0, 0.1) is 5.82 Å². The maximum Gasteiger partial charge on any atom is 0.270 e. The van der Waals surface area contributed by atoms with Gasteiger partial charge in [-0.3, -0.25) is 9.59 Å². The summed E-state index contributed by atoms with van der Waals surface area (Å²) in [5.74, 6) is -0.285. The van der Waals surface area contributed by atoms with Crippen LogP contribution in [-0.2, 0) is 11.2 Å². The molecule has 138 valence electrons. The van der Waals surface area contributed by atoms with Gasteiger partial charge in [-0.15, -0.1) is 0 Å². The lowest BCUT2D eigenvalue weighted by Crippen LogP contribution is -2.51. The lowest BCUT2D eigenvalue weighted by Gasteiger charge is -2.41. The van der Waals surface area contributed by atoms with Gasteiger partial charge in [-0.2, -0.15) is 0 Å². The Balaban J connectivity index is 1.58. The Bertz CT molecular complexity index is 954. The summed E-state index contributed by atoms with van der Waals surface area (Å²) >= 11 is 0. The van der Waals surface area contributed by atoms with Crippen molar-refractivity contribution in [2.24, 2.45) is 0 Å². The van der Waals surface area contributed by atoms with Gasteiger partial charge in [0.2, 0.25) is 0 Å². The molecule has 0 bridgehead atoms. The summed E-state index contributed by atoms with van der Waals surface area (Å²) in [5.41, 5.74) is 2.74. The van der Waals surface area contributed by atoms with Gasteiger partial charge < -0.3 is 15.0 Å². The zero-order valence-electron chi connectivity index (χ0n) is 14.9. The number of allylic oxidation sites excluding steroid dienone is 1. The van der Waals surface area contributed by atoms with Crippen LogP contribution in [-0.4, -0.2) is 36.8 Å². The summed E-state index contributed by atoms with van der Waals surface area (Å²) in [6.45, 7) is 1.10. The third-order valence-electron chi connectivity index (χ3n) is 5.07. The second-order valence-corrected chi connectivity index (χ2v) is 6.64. The minimum atomic E-state index is -0.481. The maximum absolute atomic E-state index is 13.3. The molecule has 0 spiro atoms. The van der Waals surface area contributed by atoms with Crippen LogP contribution in [0.25, 0.3) is 0 Å². The van der Waals surface area contributed by atoms with Crippen LogP contribution >= 0.6 is 0 Å². The number of nitrogens with one attached hydrogen (secondary N) is 1. The van der Waals surface area contributed by atoms with E-state index >= 15 is 0 Å². The molecule has 2 aliphatic heterocycles. The normalized spacial score (nSPS) is 19.9. The maximum atomic E-state index is 13.3. The molecule has 0 radical (unpaired) electrons. The Kier molecular flexibility index (Phi) is 4.39. The number of ketones is 1. The van der Waals surface area contributed by atoms with Crippen molar-refractivity contribution in [1.29, 1.82) is 0 Å². The lowest BCUT2D eigenvalue weighted by molar-refractivity contribution is -0.132. The number of rotatable bonds is 3. The molecule has 0 saturated carbocycles. The monoisotopic (exact) mass is 366 g/mol. The number of benzene rings is 2. The third kappa shape index (κ3) is 3.18. The number of hydrogen-bond donors (Lipinski definition) is 1. The van der Waals surface area contributed by atoms with E-state index in [9.17, 15) is 14.0 Å². The minimum absolute atomic E-state index is 0.0754. The molecule has 1 atom stereocenters. The summed E-state index contributed by atoms with van der Waals surface area (Å²) in [5, 5.41) is 3.08. The average Bonchev–Trinajstić information content (AvgIpc) is 2.69. The van der Waals surface area contributed by atoms with Gasteiger partial charge in [-0.1, -0.05) is 18.2 Å². The van der Waals surface area contributed by atoms with Crippen molar-refractivity contribution in [3.63, 3.8) is 0 Å². The topological polar surface area (TPSA) is 58.6 Å². The first-order valence-corrected chi connectivity index (χ1v) is 8.80. The Morgan fingerprint density at radius 3 is 2.93 bits per heavy atom. The average molecular weight is 366 g/mol.